The van der Waals surface area contributed by atoms with Crippen LogP contribution in [0.5, 0.6) is 0 Å². The van der Waals surface area contributed by atoms with Crippen LogP contribution in [0.25, 0.3) is 0 Å². The van der Waals surface area contributed by atoms with E-state index in [-0.39, 0.29) is 5.78 Å². The molecule has 0 aliphatic rings. The summed E-state index contributed by atoms with van der Waals surface area (Å²) in [6.07, 6.45) is 5.40. The van der Waals surface area contributed by atoms with Gasteiger partial charge in [0.05, 0.1) is 6.54 Å². The SMILES string of the molecule is C=C(/C=C\C(C)=NC)CN=C(C)/C(C)=C\C(C)=O. The van der Waals surface area contributed by atoms with Gasteiger partial charge in [0.2, 0.25) is 0 Å². The largest absolute Gasteiger partial charge is 0.295 e. The lowest BCUT2D eigenvalue weighted by molar-refractivity contribution is -0.112. The Morgan fingerprint density at radius 2 is 1.78 bits per heavy atom. The Bertz CT molecular complexity index is 437. The van der Waals surface area contributed by atoms with Crippen LogP contribution in [0.3, 0.4) is 0 Å². The van der Waals surface area contributed by atoms with Gasteiger partial charge in [0.1, 0.15) is 0 Å². The molecule has 0 rings (SSSR count). The Morgan fingerprint density at radius 1 is 1.17 bits per heavy atom. The number of hydrogen-bond acceptors (Lipinski definition) is 3. The number of carbonyl (C=O) groups is 1. The summed E-state index contributed by atoms with van der Waals surface area (Å²) in [5.41, 5.74) is 3.61. The fourth-order valence-electron chi connectivity index (χ4n) is 1.12. The molecule has 0 aliphatic heterocycles. The van der Waals surface area contributed by atoms with Crippen LogP contribution in [0.2, 0.25) is 0 Å². The van der Waals surface area contributed by atoms with Crippen molar-refractivity contribution in [1.82, 2.24) is 0 Å². The van der Waals surface area contributed by atoms with Crippen LogP contribution < -0.4 is 0 Å². The van der Waals surface area contributed by atoms with Crippen LogP contribution >= 0.6 is 0 Å². The molecule has 3 heteroatoms. The highest BCUT2D eigenvalue weighted by molar-refractivity contribution is 6.03. The maximum absolute atomic E-state index is 10.9. The fourth-order valence-corrected chi connectivity index (χ4v) is 1.12. The Balaban J connectivity index is 4.52. The van der Waals surface area contributed by atoms with Gasteiger partial charge >= 0.3 is 0 Å². The van der Waals surface area contributed by atoms with E-state index in [0.29, 0.717) is 6.54 Å². The summed E-state index contributed by atoms with van der Waals surface area (Å²) in [4.78, 5) is 19.3. The molecule has 0 bridgehead atoms. The first-order chi connectivity index (χ1) is 8.36. The lowest BCUT2D eigenvalue weighted by Crippen LogP contribution is -1.99. The van der Waals surface area contributed by atoms with E-state index in [2.05, 4.69) is 16.6 Å². The normalized spacial score (nSPS) is 14.2. The van der Waals surface area contributed by atoms with E-state index in [4.69, 9.17) is 0 Å². The van der Waals surface area contributed by atoms with Crippen molar-refractivity contribution >= 4 is 17.2 Å². The van der Waals surface area contributed by atoms with Gasteiger partial charge in [0.15, 0.2) is 5.78 Å². The Morgan fingerprint density at radius 3 is 2.28 bits per heavy atom. The van der Waals surface area contributed by atoms with Gasteiger partial charge in [-0.3, -0.25) is 14.8 Å². The molecule has 0 fully saturated rings. The minimum absolute atomic E-state index is 0.0376. The molecule has 0 N–H and O–H groups in total. The van der Waals surface area contributed by atoms with Crippen molar-refractivity contribution in [3.05, 3.63) is 36.0 Å². The molecule has 0 amide bonds. The van der Waals surface area contributed by atoms with Crippen molar-refractivity contribution in [1.29, 1.82) is 0 Å². The first-order valence-corrected chi connectivity index (χ1v) is 5.86. The second kappa shape index (κ2) is 8.34. The molecular formula is C15H22N2O. The quantitative estimate of drug-likeness (QED) is 0.403. The molecule has 0 aliphatic carbocycles. The molecule has 0 saturated carbocycles. The van der Waals surface area contributed by atoms with Crippen molar-refractivity contribution in [2.75, 3.05) is 13.6 Å². The lowest BCUT2D eigenvalue weighted by atomic mass is 10.1. The first-order valence-electron chi connectivity index (χ1n) is 5.86. The fraction of sp³-hybridized carbons (Fsp3) is 0.400. The monoisotopic (exact) mass is 246 g/mol. The van der Waals surface area contributed by atoms with E-state index in [1.54, 1.807) is 13.1 Å². The van der Waals surface area contributed by atoms with E-state index in [9.17, 15) is 4.79 Å². The van der Waals surface area contributed by atoms with E-state index in [0.717, 1.165) is 22.6 Å². The second-order valence-corrected chi connectivity index (χ2v) is 4.20. The van der Waals surface area contributed by atoms with Crippen LogP contribution in [0, 0.1) is 0 Å². The zero-order chi connectivity index (χ0) is 14.1. The smallest absolute Gasteiger partial charge is 0.152 e. The van der Waals surface area contributed by atoms with Crippen molar-refractivity contribution in [2.24, 2.45) is 9.98 Å². The molecule has 0 radical (unpaired) electrons. The molecule has 0 heterocycles. The predicted octanol–water partition coefficient (Wildman–Crippen LogP) is 3.19. The van der Waals surface area contributed by atoms with E-state index in [1.807, 2.05) is 32.9 Å². The van der Waals surface area contributed by atoms with Crippen molar-refractivity contribution in [3.63, 3.8) is 0 Å². The first kappa shape index (κ1) is 16.2. The summed E-state index contributed by atoms with van der Waals surface area (Å²) in [7, 11) is 1.75. The minimum atomic E-state index is 0.0376. The van der Waals surface area contributed by atoms with Crippen LogP contribution in [-0.2, 0) is 4.79 Å². The summed E-state index contributed by atoms with van der Waals surface area (Å²) < 4.78 is 0. The summed E-state index contributed by atoms with van der Waals surface area (Å²) in [6.45, 7) is 11.7. The summed E-state index contributed by atoms with van der Waals surface area (Å²) >= 11 is 0. The number of ketones is 1. The third-order valence-electron chi connectivity index (χ3n) is 2.42. The second-order valence-electron chi connectivity index (χ2n) is 4.20. The number of nitrogens with zero attached hydrogens (tertiary/aromatic N) is 2. The topological polar surface area (TPSA) is 41.8 Å². The average Bonchev–Trinajstić information content (AvgIpc) is 2.31. The summed E-state index contributed by atoms with van der Waals surface area (Å²) in [5, 5.41) is 0. The van der Waals surface area contributed by atoms with Crippen LogP contribution in [0.4, 0.5) is 0 Å². The molecule has 0 spiro atoms. The molecule has 3 nitrogen and oxygen atoms in total. The summed E-state index contributed by atoms with van der Waals surface area (Å²) in [6, 6.07) is 0. The molecule has 0 aromatic carbocycles. The van der Waals surface area contributed by atoms with Gasteiger partial charge in [-0.15, -0.1) is 0 Å². The zero-order valence-corrected chi connectivity index (χ0v) is 11.9. The van der Waals surface area contributed by atoms with E-state index < -0.39 is 0 Å². The lowest BCUT2D eigenvalue weighted by Gasteiger charge is -2.01. The molecule has 18 heavy (non-hydrogen) atoms. The standard InChI is InChI=1S/C15H22N2O/c1-11(7-8-13(3)16-6)10-17-15(5)12(2)9-14(4)18/h7-9H,1,10H2,2-6H3/b8-7-,12-9-,16-13?,17-15?. The summed E-state index contributed by atoms with van der Waals surface area (Å²) in [5.74, 6) is 0.0376. The van der Waals surface area contributed by atoms with E-state index >= 15 is 0 Å². The predicted molar refractivity (Wildman–Crippen MR) is 79.7 cm³/mol. The number of hydrogen-bond donors (Lipinski definition) is 0. The van der Waals surface area contributed by atoms with Gasteiger partial charge in [-0.25, -0.2) is 0 Å². The van der Waals surface area contributed by atoms with Gasteiger partial charge in [0.25, 0.3) is 0 Å². The van der Waals surface area contributed by atoms with Gasteiger partial charge in [-0.2, -0.15) is 0 Å². The van der Waals surface area contributed by atoms with Crippen LogP contribution in [0.15, 0.2) is 45.9 Å². The average molecular weight is 246 g/mol. The number of allylic oxidation sites excluding steroid dienone is 3. The van der Waals surface area contributed by atoms with Crippen molar-refractivity contribution < 1.29 is 4.79 Å². The van der Waals surface area contributed by atoms with Gasteiger partial charge in [-0.1, -0.05) is 12.7 Å². The molecular weight excluding hydrogens is 224 g/mol. The van der Waals surface area contributed by atoms with E-state index in [1.165, 1.54) is 6.92 Å². The molecule has 0 aromatic rings. The van der Waals surface area contributed by atoms with Gasteiger partial charge in [0, 0.05) is 18.5 Å². The van der Waals surface area contributed by atoms with Crippen molar-refractivity contribution in [3.8, 4) is 0 Å². The number of aliphatic imine (C=N–C) groups is 2. The maximum atomic E-state index is 10.9. The number of carbonyl (C=O) groups excluding carboxylic acids is 1. The van der Waals surface area contributed by atoms with Crippen LogP contribution in [-0.4, -0.2) is 30.8 Å². The third kappa shape index (κ3) is 7.49. The maximum Gasteiger partial charge on any atom is 0.152 e. The van der Waals surface area contributed by atoms with Crippen LogP contribution in [0.1, 0.15) is 27.7 Å². The Kier molecular flexibility index (Phi) is 7.52. The molecule has 0 aromatic heterocycles. The molecule has 0 saturated heterocycles. The van der Waals surface area contributed by atoms with Crippen molar-refractivity contribution in [2.45, 2.75) is 27.7 Å². The number of rotatable bonds is 6. The Hall–Kier alpha value is -1.77. The highest BCUT2D eigenvalue weighted by Crippen LogP contribution is 2.01. The van der Waals surface area contributed by atoms with Gasteiger partial charge < -0.3 is 0 Å². The third-order valence-corrected chi connectivity index (χ3v) is 2.42. The zero-order valence-electron chi connectivity index (χ0n) is 11.9. The highest BCUT2D eigenvalue weighted by Gasteiger charge is 1.96. The minimum Gasteiger partial charge on any atom is -0.295 e. The molecule has 98 valence electrons. The molecule has 0 unspecified atom stereocenters. The molecule has 0 atom stereocenters. The van der Waals surface area contributed by atoms with Gasteiger partial charge in [-0.05, 0) is 51.0 Å². The highest BCUT2D eigenvalue weighted by atomic mass is 16.1. The Labute approximate surface area is 110 Å².